The van der Waals surface area contributed by atoms with E-state index in [1.165, 1.54) is 5.56 Å². The van der Waals surface area contributed by atoms with Gasteiger partial charge in [0.25, 0.3) is 0 Å². The lowest BCUT2D eigenvalue weighted by atomic mass is 10.0. The van der Waals surface area contributed by atoms with Crippen LogP contribution in [0.1, 0.15) is 17.4 Å². The predicted molar refractivity (Wildman–Crippen MR) is 84.1 cm³/mol. The van der Waals surface area contributed by atoms with Crippen molar-refractivity contribution in [3.05, 3.63) is 70.4 Å². The first kappa shape index (κ1) is 13.4. The molecule has 20 heavy (non-hydrogen) atoms. The van der Waals surface area contributed by atoms with Gasteiger partial charge in [0.2, 0.25) is 0 Å². The summed E-state index contributed by atoms with van der Waals surface area (Å²) in [7, 11) is 0. The lowest BCUT2D eigenvalue weighted by Crippen LogP contribution is -2.29. The number of para-hydroxylation sites is 1. The highest BCUT2D eigenvalue weighted by molar-refractivity contribution is 9.10. The Morgan fingerprint density at radius 1 is 1.10 bits per heavy atom. The molecule has 3 nitrogen and oxygen atoms in total. The van der Waals surface area contributed by atoms with Crippen LogP contribution in [0.15, 0.2) is 63.5 Å². The molecule has 4 heteroatoms. The van der Waals surface area contributed by atoms with E-state index in [9.17, 15) is 0 Å². The molecule has 3 N–H and O–H groups in total. The minimum Gasteiger partial charge on any atom is -0.459 e. The number of hydrogen-bond acceptors (Lipinski definition) is 3. The predicted octanol–water partition coefficient (Wildman–Crippen LogP) is 3.94. The maximum atomic E-state index is 5.88. The first-order valence-electron chi connectivity index (χ1n) is 6.46. The van der Waals surface area contributed by atoms with Crippen molar-refractivity contribution in [3.63, 3.8) is 0 Å². The number of nitrogens with two attached hydrogens (primary N) is 1. The normalized spacial score (nSPS) is 12.7. The van der Waals surface area contributed by atoms with Crippen molar-refractivity contribution in [1.29, 1.82) is 0 Å². The van der Waals surface area contributed by atoms with Gasteiger partial charge in [-0.25, -0.2) is 5.43 Å². The summed E-state index contributed by atoms with van der Waals surface area (Å²) >= 11 is 3.56. The van der Waals surface area contributed by atoms with E-state index in [2.05, 4.69) is 27.4 Å². The van der Waals surface area contributed by atoms with Gasteiger partial charge in [0, 0.05) is 9.86 Å². The van der Waals surface area contributed by atoms with Crippen molar-refractivity contribution >= 4 is 26.9 Å². The molecule has 0 saturated heterocycles. The number of benzene rings is 2. The molecular formula is C16H15BrN2O. The van der Waals surface area contributed by atoms with Gasteiger partial charge in [0.1, 0.15) is 11.3 Å². The lowest BCUT2D eigenvalue weighted by Gasteiger charge is -2.14. The Balaban J connectivity index is 1.91. The third-order valence-electron chi connectivity index (χ3n) is 3.37. The molecule has 0 saturated carbocycles. The van der Waals surface area contributed by atoms with E-state index < -0.39 is 0 Å². The average Bonchev–Trinajstić information content (AvgIpc) is 2.90. The maximum Gasteiger partial charge on any atom is 0.134 e. The van der Waals surface area contributed by atoms with Crippen molar-refractivity contribution in [2.24, 2.45) is 5.84 Å². The van der Waals surface area contributed by atoms with Crippen LogP contribution in [0.4, 0.5) is 0 Å². The molecule has 0 fully saturated rings. The third-order valence-corrected chi connectivity index (χ3v) is 4.14. The van der Waals surface area contributed by atoms with Gasteiger partial charge in [-0.2, -0.15) is 0 Å². The Kier molecular flexibility index (Phi) is 3.87. The van der Waals surface area contributed by atoms with Crippen molar-refractivity contribution < 1.29 is 4.42 Å². The molecule has 1 heterocycles. The first-order chi connectivity index (χ1) is 9.78. The Morgan fingerprint density at radius 3 is 2.60 bits per heavy atom. The van der Waals surface area contributed by atoms with Gasteiger partial charge in [0.15, 0.2) is 0 Å². The highest BCUT2D eigenvalue weighted by Gasteiger charge is 2.16. The summed E-state index contributed by atoms with van der Waals surface area (Å²) in [6.45, 7) is 0. The van der Waals surface area contributed by atoms with E-state index >= 15 is 0 Å². The number of nitrogens with one attached hydrogen (secondary N) is 1. The quantitative estimate of drug-likeness (QED) is 0.562. The minimum atomic E-state index is -0.0545. The second kappa shape index (κ2) is 5.79. The van der Waals surface area contributed by atoms with Crippen molar-refractivity contribution in [1.82, 2.24) is 5.43 Å². The van der Waals surface area contributed by atoms with Gasteiger partial charge < -0.3 is 4.42 Å². The smallest absolute Gasteiger partial charge is 0.134 e. The third kappa shape index (κ3) is 2.63. The molecule has 0 bridgehead atoms. The fourth-order valence-electron chi connectivity index (χ4n) is 2.30. The van der Waals surface area contributed by atoms with E-state index in [1.807, 2.05) is 48.5 Å². The molecule has 1 atom stereocenters. The van der Waals surface area contributed by atoms with Crippen LogP contribution in [0.25, 0.3) is 11.0 Å². The van der Waals surface area contributed by atoms with E-state index in [4.69, 9.17) is 10.3 Å². The average molecular weight is 331 g/mol. The number of halogens is 1. The number of fused-ring (bicyclic) bond motifs is 1. The molecule has 1 aromatic heterocycles. The maximum absolute atomic E-state index is 5.88. The van der Waals surface area contributed by atoms with Crippen molar-refractivity contribution in [2.45, 2.75) is 12.5 Å². The van der Waals surface area contributed by atoms with Gasteiger partial charge in [-0.3, -0.25) is 5.84 Å². The van der Waals surface area contributed by atoms with Gasteiger partial charge in [-0.1, -0.05) is 52.3 Å². The van der Waals surface area contributed by atoms with Gasteiger partial charge in [-0.05, 0) is 30.2 Å². The van der Waals surface area contributed by atoms with Crippen LogP contribution in [0.2, 0.25) is 0 Å². The Hall–Kier alpha value is -1.62. The molecule has 0 radical (unpaired) electrons. The zero-order valence-electron chi connectivity index (χ0n) is 10.8. The summed E-state index contributed by atoms with van der Waals surface area (Å²) < 4.78 is 6.96. The Bertz CT molecular complexity index is 690. The molecule has 0 amide bonds. The zero-order chi connectivity index (χ0) is 13.9. The van der Waals surface area contributed by atoms with E-state index in [-0.39, 0.29) is 6.04 Å². The molecule has 1 unspecified atom stereocenters. The van der Waals surface area contributed by atoms with Crippen LogP contribution < -0.4 is 11.3 Å². The Labute approximate surface area is 125 Å². The molecule has 102 valence electrons. The summed E-state index contributed by atoms with van der Waals surface area (Å²) in [5, 5.41) is 1.09. The van der Waals surface area contributed by atoms with Gasteiger partial charge >= 0.3 is 0 Å². The van der Waals surface area contributed by atoms with Crippen molar-refractivity contribution in [2.75, 3.05) is 0 Å². The van der Waals surface area contributed by atoms with E-state index in [1.54, 1.807) is 0 Å². The molecule has 0 aliphatic carbocycles. The van der Waals surface area contributed by atoms with Gasteiger partial charge in [-0.15, -0.1) is 0 Å². The molecule has 3 aromatic rings. The summed E-state index contributed by atoms with van der Waals surface area (Å²) in [5.74, 6) is 6.55. The lowest BCUT2D eigenvalue weighted by molar-refractivity contribution is 0.434. The molecule has 0 spiro atoms. The highest BCUT2D eigenvalue weighted by atomic mass is 79.9. The first-order valence-corrected chi connectivity index (χ1v) is 7.25. The van der Waals surface area contributed by atoms with Crippen LogP contribution in [0.5, 0.6) is 0 Å². The van der Waals surface area contributed by atoms with E-state index in [0.717, 1.165) is 27.6 Å². The standard InChI is InChI=1S/C16H15BrN2O/c17-13-7-3-1-5-11(13)9-14(19-18)16-10-12-6-2-4-8-15(12)20-16/h1-8,10,14,19H,9,18H2. The fourth-order valence-corrected chi connectivity index (χ4v) is 2.75. The minimum absolute atomic E-state index is 0.0545. The number of hydrazine groups is 1. The molecule has 2 aromatic carbocycles. The summed E-state index contributed by atoms with van der Waals surface area (Å²) in [4.78, 5) is 0. The molecule has 0 aliphatic heterocycles. The second-order valence-corrected chi connectivity index (χ2v) is 5.56. The number of rotatable bonds is 4. The number of furan rings is 1. The largest absolute Gasteiger partial charge is 0.459 e. The summed E-state index contributed by atoms with van der Waals surface area (Å²) in [6.07, 6.45) is 0.762. The van der Waals surface area contributed by atoms with Crippen LogP contribution >= 0.6 is 15.9 Å². The SMILES string of the molecule is NNC(Cc1ccccc1Br)c1cc2ccccc2o1. The van der Waals surface area contributed by atoms with Crippen LogP contribution in [0.3, 0.4) is 0 Å². The Morgan fingerprint density at radius 2 is 1.85 bits per heavy atom. The second-order valence-electron chi connectivity index (χ2n) is 4.70. The zero-order valence-corrected chi connectivity index (χ0v) is 12.4. The number of hydrogen-bond donors (Lipinski definition) is 2. The molecular weight excluding hydrogens is 316 g/mol. The summed E-state index contributed by atoms with van der Waals surface area (Å²) in [6, 6.07) is 18.1. The van der Waals surface area contributed by atoms with Gasteiger partial charge in [0.05, 0.1) is 6.04 Å². The highest BCUT2D eigenvalue weighted by Crippen LogP contribution is 2.27. The van der Waals surface area contributed by atoms with E-state index in [0.29, 0.717) is 0 Å². The topological polar surface area (TPSA) is 51.2 Å². The van der Waals surface area contributed by atoms with Crippen LogP contribution in [-0.4, -0.2) is 0 Å². The van der Waals surface area contributed by atoms with Crippen LogP contribution in [0, 0.1) is 0 Å². The van der Waals surface area contributed by atoms with Crippen LogP contribution in [-0.2, 0) is 6.42 Å². The van der Waals surface area contributed by atoms with Crippen molar-refractivity contribution in [3.8, 4) is 0 Å². The summed E-state index contributed by atoms with van der Waals surface area (Å²) in [5.41, 5.74) is 4.92. The molecule has 3 rings (SSSR count). The monoisotopic (exact) mass is 330 g/mol. The fraction of sp³-hybridized carbons (Fsp3) is 0.125. The molecule has 0 aliphatic rings.